The molecule has 1 unspecified atom stereocenters. The van der Waals surface area contributed by atoms with E-state index in [2.05, 4.69) is 5.32 Å². The number of hydrogen-bond donors (Lipinski definition) is 1. The Hall–Kier alpha value is -2.44. The molecule has 0 aromatic heterocycles. The highest BCUT2D eigenvalue weighted by Crippen LogP contribution is 2.29. The van der Waals surface area contributed by atoms with Crippen LogP contribution < -0.4 is 19.5 Å². The molecule has 0 saturated carbocycles. The average molecular weight is 420 g/mol. The van der Waals surface area contributed by atoms with Gasteiger partial charge in [-0.05, 0) is 61.2 Å². The molecule has 2 aromatic rings. The third-order valence-electron chi connectivity index (χ3n) is 4.66. The summed E-state index contributed by atoms with van der Waals surface area (Å²) in [6, 6.07) is 10.9. The second kappa shape index (κ2) is 10.4. The number of ether oxygens (including phenoxy) is 4. The van der Waals surface area contributed by atoms with Crippen molar-refractivity contribution in [2.45, 2.75) is 32.4 Å². The van der Waals surface area contributed by atoms with Crippen molar-refractivity contribution >= 4 is 17.5 Å². The molecule has 1 amide bonds. The Balaban J connectivity index is 1.48. The van der Waals surface area contributed by atoms with Gasteiger partial charge in [0.05, 0.1) is 13.2 Å². The molecule has 2 aromatic carbocycles. The van der Waals surface area contributed by atoms with Crippen molar-refractivity contribution in [2.75, 3.05) is 26.9 Å². The van der Waals surface area contributed by atoms with Crippen molar-refractivity contribution in [1.82, 2.24) is 5.32 Å². The molecule has 156 valence electrons. The van der Waals surface area contributed by atoms with Gasteiger partial charge in [0.2, 0.25) is 0 Å². The lowest BCUT2D eigenvalue weighted by Gasteiger charge is -2.15. The Bertz CT molecular complexity index is 836. The zero-order valence-electron chi connectivity index (χ0n) is 16.7. The maximum atomic E-state index is 12.1. The Morgan fingerprint density at radius 3 is 2.72 bits per heavy atom. The first kappa shape index (κ1) is 21.3. The molecule has 6 nitrogen and oxygen atoms in total. The lowest BCUT2D eigenvalue weighted by molar-refractivity contribution is -0.123. The molecule has 29 heavy (non-hydrogen) atoms. The van der Waals surface area contributed by atoms with Crippen LogP contribution in [0.4, 0.5) is 0 Å². The molecule has 1 atom stereocenters. The fourth-order valence-corrected chi connectivity index (χ4v) is 3.30. The molecule has 0 bridgehead atoms. The maximum Gasteiger partial charge on any atom is 0.258 e. The van der Waals surface area contributed by atoms with Crippen LogP contribution in [-0.4, -0.2) is 38.9 Å². The summed E-state index contributed by atoms with van der Waals surface area (Å²) in [5, 5.41) is 3.48. The Morgan fingerprint density at radius 2 is 2.00 bits per heavy atom. The number of rotatable bonds is 9. The van der Waals surface area contributed by atoms with Gasteiger partial charge >= 0.3 is 0 Å². The fourth-order valence-electron chi connectivity index (χ4n) is 3.07. The van der Waals surface area contributed by atoms with Crippen LogP contribution in [0.25, 0.3) is 0 Å². The first-order valence-corrected chi connectivity index (χ1v) is 10.00. The van der Waals surface area contributed by atoms with Crippen molar-refractivity contribution < 1.29 is 23.7 Å². The Labute approximate surface area is 176 Å². The Kier molecular flexibility index (Phi) is 7.61. The van der Waals surface area contributed by atoms with E-state index in [-0.39, 0.29) is 18.6 Å². The normalized spacial score (nSPS) is 15.8. The van der Waals surface area contributed by atoms with Gasteiger partial charge in [-0.25, -0.2) is 0 Å². The van der Waals surface area contributed by atoms with Gasteiger partial charge in [0.15, 0.2) is 18.1 Å². The predicted molar refractivity (Wildman–Crippen MR) is 111 cm³/mol. The van der Waals surface area contributed by atoms with Crippen molar-refractivity contribution in [3.8, 4) is 17.2 Å². The van der Waals surface area contributed by atoms with E-state index in [1.54, 1.807) is 25.3 Å². The smallest absolute Gasteiger partial charge is 0.258 e. The van der Waals surface area contributed by atoms with Crippen molar-refractivity contribution in [3.63, 3.8) is 0 Å². The van der Waals surface area contributed by atoms with Gasteiger partial charge in [0, 0.05) is 18.2 Å². The van der Waals surface area contributed by atoms with Gasteiger partial charge in [-0.2, -0.15) is 0 Å². The number of aryl methyl sites for hydroxylation is 1. The summed E-state index contributed by atoms with van der Waals surface area (Å²) < 4.78 is 22.4. The largest absolute Gasteiger partial charge is 0.493 e. The zero-order chi connectivity index (χ0) is 20.6. The number of amides is 1. The van der Waals surface area contributed by atoms with E-state index < -0.39 is 0 Å². The quantitative estimate of drug-likeness (QED) is 0.667. The number of carbonyl (C=O) groups excluding carboxylic acids is 1. The molecule has 1 saturated heterocycles. The molecule has 0 spiro atoms. The second-order valence-corrected chi connectivity index (χ2v) is 7.34. The molecule has 1 aliphatic heterocycles. The molecular weight excluding hydrogens is 394 g/mol. The monoisotopic (exact) mass is 419 g/mol. The van der Waals surface area contributed by atoms with Crippen LogP contribution in [0.3, 0.4) is 0 Å². The molecule has 0 radical (unpaired) electrons. The molecular formula is C22H26ClNO5. The van der Waals surface area contributed by atoms with Gasteiger partial charge in [0.1, 0.15) is 12.4 Å². The fraction of sp³-hybridized carbons (Fsp3) is 0.409. The van der Waals surface area contributed by atoms with Crippen LogP contribution in [0.5, 0.6) is 17.2 Å². The minimum absolute atomic E-state index is 0.0673. The number of methoxy groups -OCH3 is 1. The first-order chi connectivity index (χ1) is 14.0. The maximum absolute atomic E-state index is 12.1. The predicted octanol–water partition coefficient (Wildman–Crippen LogP) is 3.91. The van der Waals surface area contributed by atoms with E-state index in [0.717, 1.165) is 30.6 Å². The number of benzene rings is 2. The zero-order valence-corrected chi connectivity index (χ0v) is 17.5. The van der Waals surface area contributed by atoms with Crippen LogP contribution in [0.1, 0.15) is 24.0 Å². The molecule has 1 fully saturated rings. The van der Waals surface area contributed by atoms with Gasteiger partial charge in [0.25, 0.3) is 5.91 Å². The highest BCUT2D eigenvalue weighted by atomic mass is 35.5. The summed E-state index contributed by atoms with van der Waals surface area (Å²) in [5.74, 6) is 1.72. The number of halogens is 1. The van der Waals surface area contributed by atoms with Crippen LogP contribution in [-0.2, 0) is 16.1 Å². The lowest BCUT2D eigenvalue weighted by Crippen LogP contribution is -2.28. The standard InChI is InChI=1S/C22H26ClNO5/c1-15-10-17(23)6-8-19(15)29-14-22(25)24-12-16-5-7-20(21(11-16)26-2)28-13-18-4-3-9-27-18/h5-8,10-11,18H,3-4,9,12-14H2,1-2H3,(H,24,25). The van der Waals surface area contributed by atoms with E-state index in [9.17, 15) is 4.79 Å². The third kappa shape index (κ3) is 6.27. The van der Waals surface area contributed by atoms with Crippen molar-refractivity contribution in [2.24, 2.45) is 0 Å². The van der Waals surface area contributed by atoms with Gasteiger partial charge in [-0.15, -0.1) is 0 Å². The average Bonchev–Trinajstić information content (AvgIpc) is 3.24. The summed E-state index contributed by atoms with van der Waals surface area (Å²) >= 11 is 5.93. The van der Waals surface area contributed by atoms with E-state index in [1.165, 1.54) is 0 Å². The molecule has 1 aliphatic rings. The topological polar surface area (TPSA) is 66.0 Å². The third-order valence-corrected chi connectivity index (χ3v) is 4.90. The van der Waals surface area contributed by atoms with Gasteiger partial charge in [-0.1, -0.05) is 17.7 Å². The molecule has 0 aliphatic carbocycles. The summed E-state index contributed by atoms with van der Waals surface area (Å²) in [5.41, 5.74) is 1.79. The number of carbonyl (C=O) groups is 1. The summed E-state index contributed by atoms with van der Waals surface area (Å²) in [7, 11) is 1.60. The summed E-state index contributed by atoms with van der Waals surface area (Å²) in [4.78, 5) is 12.1. The van der Waals surface area contributed by atoms with Crippen LogP contribution in [0, 0.1) is 6.92 Å². The second-order valence-electron chi connectivity index (χ2n) is 6.91. The highest BCUT2D eigenvalue weighted by Gasteiger charge is 2.17. The SMILES string of the molecule is COc1cc(CNC(=O)COc2ccc(Cl)cc2C)ccc1OCC1CCCO1. The van der Waals surface area contributed by atoms with Gasteiger partial charge in [-0.3, -0.25) is 4.79 Å². The first-order valence-electron chi connectivity index (χ1n) is 9.62. The summed E-state index contributed by atoms with van der Waals surface area (Å²) in [6.07, 6.45) is 2.23. The number of nitrogens with one attached hydrogen (secondary N) is 1. The van der Waals surface area contributed by atoms with E-state index >= 15 is 0 Å². The van der Waals surface area contributed by atoms with Crippen molar-refractivity contribution in [1.29, 1.82) is 0 Å². The van der Waals surface area contributed by atoms with E-state index in [4.69, 9.17) is 30.5 Å². The molecule has 1 heterocycles. The van der Waals surface area contributed by atoms with Crippen LogP contribution in [0.15, 0.2) is 36.4 Å². The van der Waals surface area contributed by atoms with Crippen molar-refractivity contribution in [3.05, 3.63) is 52.5 Å². The molecule has 7 heteroatoms. The van der Waals surface area contributed by atoms with E-state index in [1.807, 2.05) is 25.1 Å². The highest BCUT2D eigenvalue weighted by molar-refractivity contribution is 6.30. The lowest BCUT2D eigenvalue weighted by atomic mass is 10.2. The Morgan fingerprint density at radius 1 is 1.17 bits per heavy atom. The van der Waals surface area contributed by atoms with Crippen LogP contribution >= 0.6 is 11.6 Å². The van der Waals surface area contributed by atoms with Crippen LogP contribution in [0.2, 0.25) is 5.02 Å². The minimum atomic E-state index is -0.211. The van der Waals surface area contributed by atoms with E-state index in [0.29, 0.717) is 35.4 Å². The van der Waals surface area contributed by atoms with Gasteiger partial charge < -0.3 is 24.3 Å². The molecule has 1 N–H and O–H groups in total. The minimum Gasteiger partial charge on any atom is -0.493 e. The summed E-state index contributed by atoms with van der Waals surface area (Å²) in [6.45, 7) is 3.49. The molecule has 3 rings (SSSR count). The number of hydrogen-bond acceptors (Lipinski definition) is 5.